The van der Waals surface area contributed by atoms with Crippen LogP contribution in [0.25, 0.3) is 11.0 Å². The predicted octanol–water partition coefficient (Wildman–Crippen LogP) is 2.44. The number of fused-ring (bicyclic) bond motifs is 1. The Morgan fingerprint density at radius 3 is 3.00 bits per heavy atom. The Bertz CT molecular complexity index is 596. The molecule has 1 fully saturated rings. The summed E-state index contributed by atoms with van der Waals surface area (Å²) in [7, 11) is 2.06. The first-order valence-corrected chi connectivity index (χ1v) is 7.08. The lowest BCUT2D eigenvalue weighted by molar-refractivity contribution is 0.194. The number of aryl methyl sites for hydroxylation is 1. The molecule has 1 atom stereocenters. The summed E-state index contributed by atoms with van der Waals surface area (Å²) in [4.78, 5) is 7.16. The van der Waals surface area contributed by atoms with Gasteiger partial charge in [-0.05, 0) is 25.1 Å². The minimum Gasteiger partial charge on any atom is -0.330 e. The van der Waals surface area contributed by atoms with Crippen LogP contribution >= 0.6 is 24.0 Å². The molecule has 2 heterocycles. The monoisotopic (exact) mass is 314 g/mol. The third kappa shape index (κ3) is 3.09. The lowest BCUT2D eigenvalue weighted by Crippen LogP contribution is -2.48. The molecule has 1 N–H and O–H groups in total. The second kappa shape index (κ2) is 6.31. The first-order chi connectivity index (χ1) is 9.13. The molecule has 1 aromatic carbocycles. The zero-order chi connectivity index (χ0) is 13.4. The number of rotatable bonds is 2. The van der Waals surface area contributed by atoms with Crippen LogP contribution in [0.1, 0.15) is 12.7 Å². The van der Waals surface area contributed by atoms with E-state index >= 15 is 0 Å². The van der Waals surface area contributed by atoms with Crippen molar-refractivity contribution in [3.05, 3.63) is 29.0 Å². The lowest BCUT2D eigenvalue weighted by Gasteiger charge is -2.31. The fourth-order valence-electron chi connectivity index (χ4n) is 2.71. The molecule has 0 aliphatic carbocycles. The molecule has 1 saturated heterocycles. The van der Waals surface area contributed by atoms with E-state index < -0.39 is 0 Å². The Balaban J connectivity index is 0.00000147. The van der Waals surface area contributed by atoms with Crippen LogP contribution in [-0.4, -0.2) is 40.1 Å². The Kier molecular flexibility index (Phi) is 4.91. The van der Waals surface area contributed by atoms with Crippen molar-refractivity contribution in [1.29, 1.82) is 0 Å². The number of aromatic nitrogens is 2. The second-order valence-corrected chi connectivity index (χ2v) is 5.75. The number of benzene rings is 1. The topological polar surface area (TPSA) is 33.1 Å². The van der Waals surface area contributed by atoms with Gasteiger partial charge in [0, 0.05) is 37.7 Å². The molecule has 1 aliphatic heterocycles. The van der Waals surface area contributed by atoms with Crippen LogP contribution in [0, 0.1) is 0 Å². The van der Waals surface area contributed by atoms with E-state index in [0.29, 0.717) is 6.04 Å². The van der Waals surface area contributed by atoms with Crippen molar-refractivity contribution in [2.45, 2.75) is 19.5 Å². The molecule has 0 bridgehead atoms. The predicted molar refractivity (Wildman–Crippen MR) is 85.7 cm³/mol. The maximum Gasteiger partial charge on any atom is 0.123 e. The summed E-state index contributed by atoms with van der Waals surface area (Å²) < 4.78 is 2.15. The smallest absolute Gasteiger partial charge is 0.123 e. The minimum absolute atomic E-state index is 0. The summed E-state index contributed by atoms with van der Waals surface area (Å²) in [6, 6.07) is 6.42. The highest BCUT2D eigenvalue weighted by Crippen LogP contribution is 2.20. The Morgan fingerprint density at radius 1 is 1.45 bits per heavy atom. The van der Waals surface area contributed by atoms with Crippen LogP contribution in [0.3, 0.4) is 0 Å². The molecule has 6 heteroatoms. The van der Waals surface area contributed by atoms with E-state index in [1.807, 2.05) is 18.2 Å². The lowest BCUT2D eigenvalue weighted by atomic mass is 10.2. The summed E-state index contributed by atoms with van der Waals surface area (Å²) >= 11 is 6.05. The Labute approximate surface area is 130 Å². The molecule has 1 aliphatic rings. The van der Waals surface area contributed by atoms with Crippen molar-refractivity contribution in [3.8, 4) is 0 Å². The average Bonchev–Trinajstić information content (AvgIpc) is 2.67. The van der Waals surface area contributed by atoms with E-state index in [-0.39, 0.29) is 12.4 Å². The van der Waals surface area contributed by atoms with Crippen LogP contribution in [0.4, 0.5) is 0 Å². The number of imidazole rings is 1. The molecule has 1 unspecified atom stereocenters. The molecule has 0 amide bonds. The van der Waals surface area contributed by atoms with Crippen molar-refractivity contribution in [3.63, 3.8) is 0 Å². The zero-order valence-corrected chi connectivity index (χ0v) is 13.3. The largest absolute Gasteiger partial charge is 0.330 e. The summed E-state index contributed by atoms with van der Waals surface area (Å²) in [6.07, 6.45) is 0. The fraction of sp³-hybridized carbons (Fsp3) is 0.500. The third-order valence-electron chi connectivity index (χ3n) is 3.75. The average molecular weight is 315 g/mol. The number of nitrogens with zero attached hydrogens (tertiary/aromatic N) is 3. The number of piperazine rings is 1. The number of nitrogens with one attached hydrogen (secondary N) is 1. The summed E-state index contributed by atoms with van der Waals surface area (Å²) in [5, 5.41) is 4.22. The quantitative estimate of drug-likeness (QED) is 0.924. The van der Waals surface area contributed by atoms with Crippen molar-refractivity contribution >= 4 is 35.0 Å². The van der Waals surface area contributed by atoms with Crippen LogP contribution < -0.4 is 5.32 Å². The SMILES string of the molecule is CC1CN(Cc2nc3ccc(Cl)cc3n2C)CCN1.Cl. The molecule has 4 nitrogen and oxygen atoms in total. The zero-order valence-electron chi connectivity index (χ0n) is 11.8. The van der Waals surface area contributed by atoms with E-state index in [0.717, 1.165) is 48.1 Å². The van der Waals surface area contributed by atoms with E-state index in [2.05, 4.69) is 28.8 Å². The van der Waals surface area contributed by atoms with Gasteiger partial charge in [-0.3, -0.25) is 4.90 Å². The first-order valence-electron chi connectivity index (χ1n) is 6.70. The highest BCUT2D eigenvalue weighted by atomic mass is 35.5. The minimum atomic E-state index is 0. The van der Waals surface area contributed by atoms with E-state index in [4.69, 9.17) is 16.6 Å². The summed E-state index contributed by atoms with van der Waals surface area (Å²) in [5.74, 6) is 1.10. The molecule has 0 radical (unpaired) electrons. The first kappa shape index (κ1) is 15.6. The normalized spacial score (nSPS) is 20.1. The second-order valence-electron chi connectivity index (χ2n) is 5.31. The maximum absolute atomic E-state index is 6.05. The number of hydrogen-bond donors (Lipinski definition) is 1. The molecule has 110 valence electrons. The van der Waals surface area contributed by atoms with Gasteiger partial charge in [0.25, 0.3) is 0 Å². The molecule has 0 saturated carbocycles. The van der Waals surface area contributed by atoms with Gasteiger partial charge in [0.05, 0.1) is 17.6 Å². The fourth-order valence-corrected chi connectivity index (χ4v) is 2.88. The third-order valence-corrected chi connectivity index (χ3v) is 3.99. The molecular weight excluding hydrogens is 295 g/mol. The van der Waals surface area contributed by atoms with Crippen LogP contribution in [0.15, 0.2) is 18.2 Å². The van der Waals surface area contributed by atoms with Crippen molar-refractivity contribution < 1.29 is 0 Å². The molecule has 0 spiro atoms. The maximum atomic E-state index is 6.05. The molecule has 1 aromatic heterocycles. The van der Waals surface area contributed by atoms with Gasteiger partial charge < -0.3 is 9.88 Å². The van der Waals surface area contributed by atoms with Gasteiger partial charge in [-0.2, -0.15) is 0 Å². The van der Waals surface area contributed by atoms with E-state index in [9.17, 15) is 0 Å². The van der Waals surface area contributed by atoms with Gasteiger partial charge in [0.1, 0.15) is 5.82 Å². The van der Waals surface area contributed by atoms with Gasteiger partial charge >= 0.3 is 0 Å². The van der Waals surface area contributed by atoms with E-state index in [1.54, 1.807) is 0 Å². The van der Waals surface area contributed by atoms with Gasteiger partial charge in [-0.1, -0.05) is 11.6 Å². The molecule has 20 heavy (non-hydrogen) atoms. The molecule has 3 rings (SSSR count). The summed E-state index contributed by atoms with van der Waals surface area (Å²) in [5.41, 5.74) is 2.12. The highest BCUT2D eigenvalue weighted by molar-refractivity contribution is 6.31. The highest BCUT2D eigenvalue weighted by Gasteiger charge is 2.18. The van der Waals surface area contributed by atoms with Gasteiger partial charge in [-0.15, -0.1) is 12.4 Å². The molecule has 2 aromatic rings. The Hall–Kier alpha value is -0.810. The Morgan fingerprint density at radius 2 is 2.25 bits per heavy atom. The van der Waals surface area contributed by atoms with Crippen LogP contribution in [0.2, 0.25) is 5.02 Å². The van der Waals surface area contributed by atoms with Crippen molar-refractivity contribution in [2.75, 3.05) is 19.6 Å². The van der Waals surface area contributed by atoms with E-state index in [1.165, 1.54) is 0 Å². The summed E-state index contributed by atoms with van der Waals surface area (Å²) in [6.45, 7) is 6.32. The standard InChI is InChI=1S/C14H19ClN4.ClH/c1-10-8-19(6-5-16-10)9-14-17-12-4-3-11(15)7-13(12)18(14)2;/h3-4,7,10,16H,5-6,8-9H2,1-2H3;1H. The van der Waals surface area contributed by atoms with Gasteiger partial charge in [-0.25, -0.2) is 4.98 Å². The van der Waals surface area contributed by atoms with Crippen molar-refractivity contribution in [1.82, 2.24) is 19.8 Å². The van der Waals surface area contributed by atoms with Crippen LogP contribution in [-0.2, 0) is 13.6 Å². The number of hydrogen-bond acceptors (Lipinski definition) is 3. The number of halogens is 2. The van der Waals surface area contributed by atoms with Gasteiger partial charge in [0.15, 0.2) is 0 Å². The van der Waals surface area contributed by atoms with Gasteiger partial charge in [0.2, 0.25) is 0 Å². The molecular formula is C14H20Cl2N4. The van der Waals surface area contributed by atoms with Crippen molar-refractivity contribution in [2.24, 2.45) is 7.05 Å². The van der Waals surface area contributed by atoms with Crippen LogP contribution in [0.5, 0.6) is 0 Å².